The molecule has 1 aromatic heterocycles. The van der Waals surface area contributed by atoms with Crippen LogP contribution in [0.4, 0.5) is 0 Å². The fourth-order valence-corrected chi connectivity index (χ4v) is 2.45. The molecule has 0 saturated carbocycles. The molecule has 2 aromatic rings. The molecule has 5 nitrogen and oxygen atoms in total. The number of furan rings is 1. The monoisotopic (exact) mass is 324 g/mol. The maximum Gasteiger partial charge on any atom is 0.305 e. The van der Waals surface area contributed by atoms with Crippen molar-refractivity contribution in [3.8, 4) is 0 Å². The van der Waals surface area contributed by atoms with Crippen molar-refractivity contribution in [3.05, 3.63) is 53.4 Å². The maximum absolute atomic E-state index is 11.9. The van der Waals surface area contributed by atoms with Gasteiger partial charge in [-0.25, -0.2) is 0 Å². The van der Waals surface area contributed by atoms with Crippen LogP contribution in [0.5, 0.6) is 0 Å². The molecule has 2 amide bonds. The van der Waals surface area contributed by atoms with Crippen LogP contribution in [-0.4, -0.2) is 17.1 Å². The van der Waals surface area contributed by atoms with Gasteiger partial charge in [-0.05, 0) is 43.3 Å². The van der Waals surface area contributed by atoms with E-state index in [0.717, 1.165) is 4.90 Å². The van der Waals surface area contributed by atoms with Crippen LogP contribution in [-0.2, 0) is 4.79 Å². The van der Waals surface area contributed by atoms with E-state index in [1.54, 1.807) is 25.1 Å². The molecule has 1 atom stereocenters. The second kappa shape index (κ2) is 7.19. The molecule has 1 heterocycles. The number of rotatable bonds is 4. The van der Waals surface area contributed by atoms with Gasteiger partial charge in [0.25, 0.3) is 5.91 Å². The van der Waals surface area contributed by atoms with Crippen molar-refractivity contribution < 1.29 is 14.0 Å². The molecule has 110 valence electrons. The van der Waals surface area contributed by atoms with Gasteiger partial charge in [0.05, 0.1) is 11.5 Å². The zero-order valence-corrected chi connectivity index (χ0v) is 12.7. The van der Waals surface area contributed by atoms with Gasteiger partial charge in [0, 0.05) is 9.92 Å². The van der Waals surface area contributed by atoms with E-state index in [4.69, 9.17) is 16.0 Å². The number of carbonyl (C=O) groups excluding carboxylic acids is 2. The van der Waals surface area contributed by atoms with Gasteiger partial charge in [-0.1, -0.05) is 11.6 Å². The molecule has 2 rings (SSSR count). The number of benzene rings is 1. The average molecular weight is 325 g/mol. The van der Waals surface area contributed by atoms with E-state index in [1.807, 2.05) is 12.1 Å². The third-order valence-electron chi connectivity index (χ3n) is 2.54. The summed E-state index contributed by atoms with van der Waals surface area (Å²) in [6.45, 7) is 1.74. The summed E-state index contributed by atoms with van der Waals surface area (Å²) >= 11 is 7.16. The highest BCUT2D eigenvalue weighted by Gasteiger charge is 2.16. The molecule has 2 N–H and O–H groups in total. The summed E-state index contributed by atoms with van der Waals surface area (Å²) in [5.41, 5.74) is 4.65. The van der Waals surface area contributed by atoms with Gasteiger partial charge in [0.1, 0.15) is 0 Å². The summed E-state index contributed by atoms with van der Waals surface area (Å²) in [6, 6.07) is 10.3. The van der Waals surface area contributed by atoms with E-state index in [-0.39, 0.29) is 16.9 Å². The lowest BCUT2D eigenvalue weighted by atomic mass is 10.4. The molecule has 0 fully saturated rings. The Morgan fingerprint density at radius 2 is 1.90 bits per heavy atom. The Balaban J connectivity index is 1.82. The van der Waals surface area contributed by atoms with E-state index >= 15 is 0 Å². The van der Waals surface area contributed by atoms with Crippen LogP contribution in [0.1, 0.15) is 17.5 Å². The van der Waals surface area contributed by atoms with Crippen molar-refractivity contribution in [2.75, 3.05) is 0 Å². The first-order chi connectivity index (χ1) is 10.1. The van der Waals surface area contributed by atoms with Crippen molar-refractivity contribution in [1.82, 2.24) is 10.9 Å². The number of amides is 2. The fourth-order valence-electron chi connectivity index (χ4n) is 1.46. The average Bonchev–Trinajstić information content (AvgIpc) is 3.01. The highest BCUT2D eigenvalue weighted by atomic mass is 35.5. The summed E-state index contributed by atoms with van der Waals surface area (Å²) in [4.78, 5) is 24.4. The van der Waals surface area contributed by atoms with Crippen LogP contribution in [0.15, 0.2) is 52.0 Å². The normalized spacial score (nSPS) is 11.7. The SMILES string of the molecule is C[C@H](Sc1ccc(Cl)cc1)C(=O)NNC(=O)c1ccco1. The molecule has 0 saturated heterocycles. The molecular weight excluding hydrogens is 312 g/mol. The first kappa shape index (κ1) is 15.5. The Kier molecular flexibility index (Phi) is 5.30. The minimum Gasteiger partial charge on any atom is -0.459 e. The minimum absolute atomic E-state index is 0.133. The Bertz CT molecular complexity index is 614. The highest BCUT2D eigenvalue weighted by molar-refractivity contribution is 8.00. The van der Waals surface area contributed by atoms with Crippen molar-refractivity contribution in [3.63, 3.8) is 0 Å². The maximum atomic E-state index is 11.9. The highest BCUT2D eigenvalue weighted by Crippen LogP contribution is 2.24. The largest absolute Gasteiger partial charge is 0.459 e. The molecule has 0 unspecified atom stereocenters. The smallest absolute Gasteiger partial charge is 0.305 e. The third kappa shape index (κ3) is 4.54. The van der Waals surface area contributed by atoms with Gasteiger partial charge in [-0.3, -0.25) is 20.4 Å². The predicted octanol–water partition coefficient (Wildman–Crippen LogP) is 2.87. The number of hydrogen-bond acceptors (Lipinski definition) is 4. The second-order valence-corrected chi connectivity index (χ2v) is 5.99. The van der Waals surface area contributed by atoms with Crippen molar-refractivity contribution in [2.45, 2.75) is 17.1 Å². The standard InChI is InChI=1S/C14H13ClN2O3S/c1-9(21-11-6-4-10(15)5-7-11)13(18)16-17-14(19)12-3-2-8-20-12/h2-9H,1H3,(H,16,18)(H,17,19)/t9-/m0/s1. The fraction of sp³-hybridized carbons (Fsp3) is 0.143. The Morgan fingerprint density at radius 3 is 2.52 bits per heavy atom. The second-order valence-electron chi connectivity index (χ2n) is 4.13. The van der Waals surface area contributed by atoms with Gasteiger partial charge in [0.2, 0.25) is 0 Å². The van der Waals surface area contributed by atoms with Crippen molar-refractivity contribution >= 4 is 35.2 Å². The van der Waals surface area contributed by atoms with E-state index in [2.05, 4.69) is 10.9 Å². The number of hydrogen-bond donors (Lipinski definition) is 2. The van der Waals surface area contributed by atoms with Gasteiger partial charge < -0.3 is 4.42 Å². The summed E-state index contributed by atoms with van der Waals surface area (Å²) in [6.07, 6.45) is 1.38. The number of halogens is 1. The molecule has 7 heteroatoms. The summed E-state index contributed by atoms with van der Waals surface area (Å²) in [5.74, 6) is -0.680. The molecule has 0 spiro atoms. The topological polar surface area (TPSA) is 71.3 Å². The van der Waals surface area contributed by atoms with Gasteiger partial charge in [-0.15, -0.1) is 11.8 Å². The van der Waals surface area contributed by atoms with Crippen LogP contribution >= 0.6 is 23.4 Å². The van der Waals surface area contributed by atoms with Crippen LogP contribution in [0, 0.1) is 0 Å². The van der Waals surface area contributed by atoms with E-state index in [0.29, 0.717) is 5.02 Å². The van der Waals surface area contributed by atoms with Crippen LogP contribution in [0.2, 0.25) is 5.02 Å². The molecule has 1 aromatic carbocycles. The molecule has 0 radical (unpaired) electrons. The Hall–Kier alpha value is -1.92. The first-order valence-electron chi connectivity index (χ1n) is 6.12. The number of thioether (sulfide) groups is 1. The molecule has 21 heavy (non-hydrogen) atoms. The number of nitrogens with one attached hydrogen (secondary N) is 2. The van der Waals surface area contributed by atoms with Crippen LogP contribution in [0.3, 0.4) is 0 Å². The molecule has 0 bridgehead atoms. The summed E-state index contributed by atoms with van der Waals surface area (Å²) in [5, 5.41) is 0.269. The van der Waals surface area contributed by atoms with Crippen LogP contribution in [0.25, 0.3) is 0 Å². The molecule has 0 aliphatic carbocycles. The van der Waals surface area contributed by atoms with Gasteiger partial charge in [-0.2, -0.15) is 0 Å². The number of hydrazine groups is 1. The number of carbonyl (C=O) groups is 2. The molecule has 0 aliphatic heterocycles. The van der Waals surface area contributed by atoms with E-state index in [1.165, 1.54) is 24.1 Å². The van der Waals surface area contributed by atoms with Crippen LogP contribution < -0.4 is 10.9 Å². The third-order valence-corrected chi connectivity index (χ3v) is 3.90. The van der Waals surface area contributed by atoms with E-state index < -0.39 is 5.91 Å². The lowest BCUT2D eigenvalue weighted by Gasteiger charge is -2.12. The lowest BCUT2D eigenvalue weighted by molar-refractivity contribution is -0.121. The zero-order chi connectivity index (χ0) is 15.2. The quantitative estimate of drug-likeness (QED) is 0.670. The zero-order valence-electron chi connectivity index (χ0n) is 11.1. The van der Waals surface area contributed by atoms with Gasteiger partial charge in [0.15, 0.2) is 5.76 Å². The molecular formula is C14H13ClN2O3S. The molecule has 0 aliphatic rings. The van der Waals surface area contributed by atoms with Crippen molar-refractivity contribution in [1.29, 1.82) is 0 Å². The summed E-state index contributed by atoms with van der Waals surface area (Å²) in [7, 11) is 0. The van der Waals surface area contributed by atoms with Gasteiger partial charge >= 0.3 is 5.91 Å². The lowest BCUT2D eigenvalue weighted by Crippen LogP contribution is -2.44. The Morgan fingerprint density at radius 1 is 1.19 bits per heavy atom. The minimum atomic E-state index is -0.503. The first-order valence-corrected chi connectivity index (χ1v) is 7.38. The Labute approximate surface area is 131 Å². The predicted molar refractivity (Wildman–Crippen MR) is 81.1 cm³/mol. The van der Waals surface area contributed by atoms with Crippen molar-refractivity contribution in [2.24, 2.45) is 0 Å². The van der Waals surface area contributed by atoms with E-state index in [9.17, 15) is 9.59 Å². The summed E-state index contributed by atoms with van der Waals surface area (Å²) < 4.78 is 4.91.